The van der Waals surface area contributed by atoms with Crippen LogP contribution in [0.5, 0.6) is 0 Å². The van der Waals surface area contributed by atoms with E-state index >= 15 is 0 Å². The summed E-state index contributed by atoms with van der Waals surface area (Å²) in [6, 6.07) is 4.16. The lowest BCUT2D eigenvalue weighted by molar-refractivity contribution is 1.04. The molecular weight excluding hydrogens is 136 g/mol. The Morgan fingerprint density at radius 1 is 1.45 bits per heavy atom. The number of nitrogens with zero attached hydrogens (tertiary/aromatic N) is 2. The molecule has 60 valence electrons. The minimum Gasteiger partial charge on any atom is -0.363 e. The number of anilines is 1. The van der Waals surface area contributed by atoms with Crippen LogP contribution in [-0.2, 0) is 6.42 Å². The first kappa shape index (κ1) is 8.05. The molecule has 0 aromatic carbocycles. The van der Waals surface area contributed by atoms with E-state index in [0.717, 1.165) is 12.2 Å². The smallest absolute Gasteiger partial charge is 0.128 e. The van der Waals surface area contributed by atoms with E-state index in [1.54, 1.807) is 0 Å². The van der Waals surface area contributed by atoms with E-state index in [2.05, 4.69) is 18.0 Å². The summed E-state index contributed by atoms with van der Waals surface area (Å²) in [5, 5.41) is 0. The minimum absolute atomic E-state index is 1.03. The average molecular weight is 150 g/mol. The average Bonchev–Trinajstić information content (AvgIpc) is 2.05. The Hall–Kier alpha value is -1.05. The number of pyridine rings is 1. The largest absolute Gasteiger partial charge is 0.363 e. The summed E-state index contributed by atoms with van der Waals surface area (Å²) in [7, 11) is 4.00. The predicted octanol–water partition coefficient (Wildman–Crippen LogP) is 1.71. The van der Waals surface area contributed by atoms with E-state index in [-0.39, 0.29) is 0 Å². The lowest BCUT2D eigenvalue weighted by Gasteiger charge is -2.11. The number of rotatable bonds is 2. The van der Waals surface area contributed by atoms with E-state index < -0.39 is 0 Å². The third-order valence-corrected chi connectivity index (χ3v) is 1.68. The van der Waals surface area contributed by atoms with Crippen molar-refractivity contribution in [2.24, 2.45) is 0 Å². The molecule has 0 radical (unpaired) electrons. The lowest BCUT2D eigenvalue weighted by atomic mass is 10.2. The molecule has 0 saturated heterocycles. The number of hydrogen-bond donors (Lipinski definition) is 0. The summed E-state index contributed by atoms with van der Waals surface area (Å²) in [6.45, 7) is 2.15. The molecule has 11 heavy (non-hydrogen) atoms. The van der Waals surface area contributed by atoms with Crippen molar-refractivity contribution in [2.45, 2.75) is 13.3 Å². The molecule has 0 aliphatic heterocycles. The Bertz CT molecular complexity index is 231. The molecule has 0 N–H and O–H groups in total. The summed E-state index contributed by atoms with van der Waals surface area (Å²) < 4.78 is 0. The Balaban J connectivity index is 2.91. The predicted molar refractivity (Wildman–Crippen MR) is 47.9 cm³/mol. The second-order valence-electron chi connectivity index (χ2n) is 2.77. The second kappa shape index (κ2) is 3.37. The van der Waals surface area contributed by atoms with E-state index in [9.17, 15) is 0 Å². The molecule has 0 saturated carbocycles. The van der Waals surface area contributed by atoms with Crippen LogP contribution in [0.1, 0.15) is 12.5 Å². The summed E-state index contributed by atoms with van der Waals surface area (Å²) in [5.41, 5.74) is 1.34. The van der Waals surface area contributed by atoms with Crippen LogP contribution in [0.3, 0.4) is 0 Å². The van der Waals surface area contributed by atoms with Gasteiger partial charge in [-0.25, -0.2) is 4.98 Å². The standard InChI is InChI=1S/C9H14N2/c1-4-8-5-6-10-9(7-8)11(2)3/h5-7H,4H2,1-3H3. The third kappa shape index (κ3) is 1.93. The Morgan fingerprint density at radius 2 is 2.18 bits per heavy atom. The van der Waals surface area contributed by atoms with E-state index in [4.69, 9.17) is 0 Å². The molecule has 2 nitrogen and oxygen atoms in total. The molecule has 1 heterocycles. The van der Waals surface area contributed by atoms with Crippen LogP contribution in [-0.4, -0.2) is 19.1 Å². The first-order valence-electron chi connectivity index (χ1n) is 3.86. The van der Waals surface area contributed by atoms with Gasteiger partial charge in [-0.05, 0) is 24.1 Å². The molecule has 0 aliphatic carbocycles. The fourth-order valence-corrected chi connectivity index (χ4v) is 0.925. The molecule has 0 fully saturated rings. The highest BCUT2D eigenvalue weighted by molar-refractivity contribution is 5.38. The Kier molecular flexibility index (Phi) is 2.47. The third-order valence-electron chi connectivity index (χ3n) is 1.68. The highest BCUT2D eigenvalue weighted by Gasteiger charge is 1.95. The summed E-state index contributed by atoms with van der Waals surface area (Å²) in [6.07, 6.45) is 2.93. The molecule has 0 spiro atoms. The van der Waals surface area contributed by atoms with Crippen LogP contribution in [0.25, 0.3) is 0 Å². The fraction of sp³-hybridized carbons (Fsp3) is 0.444. The molecule has 1 rings (SSSR count). The Labute approximate surface area is 67.9 Å². The number of aryl methyl sites for hydroxylation is 1. The maximum absolute atomic E-state index is 4.21. The van der Waals surface area contributed by atoms with Crippen molar-refractivity contribution >= 4 is 5.82 Å². The SMILES string of the molecule is CCc1ccnc(N(C)C)c1. The topological polar surface area (TPSA) is 16.1 Å². The first-order valence-corrected chi connectivity index (χ1v) is 3.86. The van der Waals surface area contributed by atoms with Crippen molar-refractivity contribution in [3.05, 3.63) is 23.9 Å². The van der Waals surface area contributed by atoms with Gasteiger partial charge >= 0.3 is 0 Å². The van der Waals surface area contributed by atoms with Crippen LogP contribution < -0.4 is 4.90 Å². The van der Waals surface area contributed by atoms with Crippen molar-refractivity contribution < 1.29 is 0 Å². The van der Waals surface area contributed by atoms with Crippen molar-refractivity contribution in [1.82, 2.24) is 4.98 Å². The van der Waals surface area contributed by atoms with Crippen molar-refractivity contribution in [3.8, 4) is 0 Å². The van der Waals surface area contributed by atoms with Gasteiger partial charge in [0.05, 0.1) is 0 Å². The van der Waals surface area contributed by atoms with Crippen LogP contribution in [0.15, 0.2) is 18.3 Å². The molecule has 0 bridgehead atoms. The minimum atomic E-state index is 1.03. The Morgan fingerprint density at radius 3 is 2.73 bits per heavy atom. The van der Waals surface area contributed by atoms with Gasteiger partial charge in [0.25, 0.3) is 0 Å². The molecule has 2 heteroatoms. The summed E-state index contributed by atoms with van der Waals surface area (Å²) in [5.74, 6) is 1.03. The molecule has 1 aromatic rings. The van der Waals surface area contributed by atoms with Gasteiger partial charge in [0.15, 0.2) is 0 Å². The lowest BCUT2D eigenvalue weighted by Crippen LogP contribution is -2.10. The molecule has 0 aliphatic rings. The van der Waals surface area contributed by atoms with Crippen molar-refractivity contribution in [2.75, 3.05) is 19.0 Å². The zero-order valence-corrected chi connectivity index (χ0v) is 7.33. The highest BCUT2D eigenvalue weighted by Crippen LogP contribution is 2.09. The van der Waals surface area contributed by atoms with Crippen LogP contribution in [0, 0.1) is 0 Å². The summed E-state index contributed by atoms with van der Waals surface area (Å²) in [4.78, 5) is 6.23. The molecule has 0 amide bonds. The van der Waals surface area contributed by atoms with Gasteiger partial charge < -0.3 is 4.90 Å². The van der Waals surface area contributed by atoms with Gasteiger partial charge in [0.1, 0.15) is 5.82 Å². The second-order valence-corrected chi connectivity index (χ2v) is 2.77. The quantitative estimate of drug-likeness (QED) is 0.638. The monoisotopic (exact) mass is 150 g/mol. The summed E-state index contributed by atoms with van der Waals surface area (Å²) >= 11 is 0. The molecule has 1 aromatic heterocycles. The zero-order valence-electron chi connectivity index (χ0n) is 7.33. The molecular formula is C9H14N2. The maximum Gasteiger partial charge on any atom is 0.128 e. The van der Waals surface area contributed by atoms with Gasteiger partial charge in [0, 0.05) is 20.3 Å². The first-order chi connectivity index (χ1) is 5.24. The zero-order chi connectivity index (χ0) is 8.27. The number of aromatic nitrogens is 1. The van der Waals surface area contributed by atoms with Gasteiger partial charge in [-0.2, -0.15) is 0 Å². The van der Waals surface area contributed by atoms with Gasteiger partial charge in [-0.3, -0.25) is 0 Å². The van der Waals surface area contributed by atoms with Crippen LogP contribution in [0.2, 0.25) is 0 Å². The van der Waals surface area contributed by atoms with Crippen molar-refractivity contribution in [3.63, 3.8) is 0 Å². The maximum atomic E-state index is 4.21. The van der Waals surface area contributed by atoms with Crippen molar-refractivity contribution in [1.29, 1.82) is 0 Å². The van der Waals surface area contributed by atoms with Crippen LogP contribution >= 0.6 is 0 Å². The van der Waals surface area contributed by atoms with Gasteiger partial charge in [-0.1, -0.05) is 6.92 Å². The number of hydrogen-bond acceptors (Lipinski definition) is 2. The molecule has 0 unspecified atom stereocenters. The van der Waals surface area contributed by atoms with Gasteiger partial charge in [0.2, 0.25) is 0 Å². The van der Waals surface area contributed by atoms with Gasteiger partial charge in [-0.15, -0.1) is 0 Å². The highest BCUT2D eigenvalue weighted by atomic mass is 15.1. The fourth-order valence-electron chi connectivity index (χ4n) is 0.925. The van der Waals surface area contributed by atoms with E-state index in [0.29, 0.717) is 0 Å². The normalized spacial score (nSPS) is 9.73. The van der Waals surface area contributed by atoms with Crippen LogP contribution in [0.4, 0.5) is 5.82 Å². The molecule has 0 atom stereocenters. The van der Waals surface area contributed by atoms with E-state index in [1.807, 2.05) is 31.3 Å². The van der Waals surface area contributed by atoms with E-state index in [1.165, 1.54) is 5.56 Å².